The van der Waals surface area contributed by atoms with Gasteiger partial charge in [-0.3, -0.25) is 19.5 Å². The van der Waals surface area contributed by atoms with Gasteiger partial charge in [-0.2, -0.15) is 0 Å². The molecule has 2 amide bonds. The molecule has 0 radical (unpaired) electrons. The summed E-state index contributed by atoms with van der Waals surface area (Å²) in [6.45, 7) is 3.59. The van der Waals surface area contributed by atoms with E-state index in [2.05, 4.69) is 17.2 Å². The molecule has 0 fully saturated rings. The van der Waals surface area contributed by atoms with E-state index in [1.807, 2.05) is 11.0 Å². The molecule has 1 N–H and O–H groups in total. The zero-order valence-electron chi connectivity index (χ0n) is 14.8. The summed E-state index contributed by atoms with van der Waals surface area (Å²) in [7, 11) is 0. The van der Waals surface area contributed by atoms with Gasteiger partial charge in [0.15, 0.2) is 0 Å². The number of benzene rings is 1. The van der Waals surface area contributed by atoms with Crippen LogP contribution in [0.15, 0.2) is 30.6 Å². The summed E-state index contributed by atoms with van der Waals surface area (Å²) in [4.78, 5) is 30.8. The molecule has 1 aromatic carbocycles. The molecule has 0 bridgehead atoms. The highest BCUT2D eigenvalue weighted by Gasteiger charge is 2.39. The fourth-order valence-corrected chi connectivity index (χ4v) is 4.39. The molecule has 4 rings (SSSR count). The van der Waals surface area contributed by atoms with Gasteiger partial charge in [-0.05, 0) is 54.2 Å². The van der Waals surface area contributed by atoms with Gasteiger partial charge < -0.3 is 5.32 Å². The van der Waals surface area contributed by atoms with Gasteiger partial charge in [0.25, 0.3) is 5.91 Å². The average molecular weight is 370 g/mol. The summed E-state index contributed by atoms with van der Waals surface area (Å²) in [6, 6.07) is 5.36. The molecule has 0 spiro atoms. The Balaban J connectivity index is 1.79. The number of halogens is 1. The van der Waals surface area contributed by atoms with Crippen LogP contribution in [-0.2, 0) is 11.2 Å². The van der Waals surface area contributed by atoms with Crippen LogP contribution < -0.4 is 10.2 Å². The van der Waals surface area contributed by atoms with Crippen LogP contribution in [0.5, 0.6) is 0 Å². The second-order valence-electron chi connectivity index (χ2n) is 6.85. The van der Waals surface area contributed by atoms with E-state index < -0.39 is 0 Å². The highest BCUT2D eigenvalue weighted by molar-refractivity contribution is 6.31. The number of fused-ring (bicyclic) bond motifs is 2. The van der Waals surface area contributed by atoms with Gasteiger partial charge in [0.1, 0.15) is 0 Å². The Morgan fingerprint density at radius 2 is 2.15 bits per heavy atom. The molecule has 2 aliphatic rings. The number of nitrogens with zero attached hydrogens (tertiary/aromatic N) is 2. The number of carbonyl (C=O) groups excluding carboxylic acids is 2. The molecule has 1 aliphatic heterocycles. The molecule has 26 heavy (non-hydrogen) atoms. The molecule has 2 heterocycles. The van der Waals surface area contributed by atoms with Crippen LogP contribution in [0.25, 0.3) is 0 Å². The first-order chi connectivity index (χ1) is 12.5. The van der Waals surface area contributed by atoms with Crippen molar-refractivity contribution >= 4 is 29.1 Å². The Labute approximate surface area is 157 Å². The van der Waals surface area contributed by atoms with E-state index in [1.54, 1.807) is 24.5 Å². The van der Waals surface area contributed by atoms with E-state index in [9.17, 15) is 9.59 Å². The fourth-order valence-electron chi connectivity index (χ4n) is 4.21. The molecular weight excluding hydrogens is 350 g/mol. The maximum atomic E-state index is 13.1. The number of hydrogen-bond acceptors (Lipinski definition) is 3. The lowest BCUT2D eigenvalue weighted by Gasteiger charge is -2.26. The SMILES string of the molecule is CC[C@H]1c2cc(Cl)ccc2C(=O)N1c1cncc2c1CC[C@@H]2NC(C)=O. The zero-order chi connectivity index (χ0) is 18.4. The first-order valence-corrected chi connectivity index (χ1v) is 9.26. The normalized spacial score (nSPS) is 20.9. The molecule has 0 saturated carbocycles. The smallest absolute Gasteiger partial charge is 0.259 e. The lowest BCUT2D eigenvalue weighted by atomic mass is 10.0. The Bertz CT molecular complexity index is 912. The first kappa shape index (κ1) is 17.0. The van der Waals surface area contributed by atoms with E-state index in [4.69, 9.17) is 11.6 Å². The summed E-state index contributed by atoms with van der Waals surface area (Å²) in [5.41, 5.74) is 4.63. The van der Waals surface area contributed by atoms with Crippen LogP contribution in [-0.4, -0.2) is 16.8 Å². The second kappa shape index (κ2) is 6.40. The first-order valence-electron chi connectivity index (χ1n) is 8.88. The van der Waals surface area contributed by atoms with E-state index in [1.165, 1.54) is 6.92 Å². The Kier molecular flexibility index (Phi) is 4.19. The maximum Gasteiger partial charge on any atom is 0.259 e. The highest BCUT2D eigenvalue weighted by atomic mass is 35.5. The predicted molar refractivity (Wildman–Crippen MR) is 100 cm³/mol. The van der Waals surface area contributed by atoms with Gasteiger partial charge in [-0.15, -0.1) is 0 Å². The number of aromatic nitrogens is 1. The van der Waals surface area contributed by atoms with Crippen LogP contribution in [0.2, 0.25) is 5.02 Å². The largest absolute Gasteiger partial charge is 0.349 e. The second-order valence-corrected chi connectivity index (χ2v) is 7.29. The Hall–Kier alpha value is -2.40. The van der Waals surface area contributed by atoms with E-state index in [0.717, 1.165) is 41.6 Å². The minimum absolute atomic E-state index is 0.0123. The van der Waals surface area contributed by atoms with Crippen molar-refractivity contribution in [3.05, 3.63) is 57.9 Å². The van der Waals surface area contributed by atoms with Crippen molar-refractivity contribution in [1.82, 2.24) is 10.3 Å². The van der Waals surface area contributed by atoms with Crippen LogP contribution >= 0.6 is 11.6 Å². The molecular formula is C20H20ClN3O2. The van der Waals surface area contributed by atoms with Gasteiger partial charge in [-0.25, -0.2) is 0 Å². The number of amides is 2. The van der Waals surface area contributed by atoms with Crippen LogP contribution in [0, 0.1) is 0 Å². The predicted octanol–water partition coefficient (Wildman–Crippen LogP) is 3.97. The lowest BCUT2D eigenvalue weighted by molar-refractivity contribution is -0.119. The van der Waals surface area contributed by atoms with Crippen molar-refractivity contribution in [1.29, 1.82) is 0 Å². The van der Waals surface area contributed by atoms with Crippen molar-refractivity contribution < 1.29 is 9.59 Å². The lowest BCUT2D eigenvalue weighted by Crippen LogP contribution is -2.29. The van der Waals surface area contributed by atoms with Crippen LogP contribution in [0.4, 0.5) is 5.69 Å². The quantitative estimate of drug-likeness (QED) is 0.890. The molecule has 0 saturated heterocycles. The summed E-state index contributed by atoms with van der Waals surface area (Å²) >= 11 is 6.17. The third-order valence-corrected chi connectivity index (χ3v) is 5.52. The van der Waals surface area contributed by atoms with Gasteiger partial charge in [-0.1, -0.05) is 18.5 Å². The molecule has 2 aromatic rings. The molecule has 0 unspecified atom stereocenters. The fraction of sp³-hybridized carbons (Fsp3) is 0.350. The number of hydrogen-bond donors (Lipinski definition) is 1. The third kappa shape index (κ3) is 2.58. The number of anilines is 1. The van der Waals surface area contributed by atoms with E-state index >= 15 is 0 Å². The van der Waals surface area contributed by atoms with Crippen molar-refractivity contribution in [3.63, 3.8) is 0 Å². The van der Waals surface area contributed by atoms with Crippen molar-refractivity contribution in [2.75, 3.05) is 4.90 Å². The van der Waals surface area contributed by atoms with Crippen molar-refractivity contribution in [2.24, 2.45) is 0 Å². The highest BCUT2D eigenvalue weighted by Crippen LogP contribution is 2.44. The van der Waals surface area contributed by atoms with Gasteiger partial charge >= 0.3 is 0 Å². The molecule has 5 nitrogen and oxygen atoms in total. The van der Waals surface area contributed by atoms with Crippen molar-refractivity contribution in [2.45, 2.75) is 45.2 Å². The molecule has 2 atom stereocenters. The van der Waals surface area contributed by atoms with Crippen molar-refractivity contribution in [3.8, 4) is 0 Å². The molecule has 134 valence electrons. The minimum atomic E-state index is -0.0565. The number of nitrogens with one attached hydrogen (secondary N) is 1. The van der Waals surface area contributed by atoms with Crippen LogP contribution in [0.3, 0.4) is 0 Å². The minimum Gasteiger partial charge on any atom is -0.349 e. The number of rotatable bonds is 3. The van der Waals surface area contributed by atoms with Gasteiger partial charge in [0.2, 0.25) is 5.91 Å². The average Bonchev–Trinajstić information content (AvgIpc) is 3.13. The zero-order valence-corrected chi connectivity index (χ0v) is 15.5. The van der Waals surface area contributed by atoms with E-state index in [0.29, 0.717) is 10.6 Å². The summed E-state index contributed by atoms with van der Waals surface area (Å²) < 4.78 is 0. The Morgan fingerprint density at radius 3 is 2.88 bits per heavy atom. The van der Waals surface area contributed by atoms with Gasteiger partial charge in [0, 0.05) is 23.7 Å². The van der Waals surface area contributed by atoms with Crippen LogP contribution in [0.1, 0.15) is 65.8 Å². The van der Waals surface area contributed by atoms with Gasteiger partial charge in [0.05, 0.1) is 24.0 Å². The van der Waals surface area contributed by atoms with E-state index in [-0.39, 0.29) is 23.9 Å². The number of carbonyl (C=O) groups is 2. The molecule has 1 aromatic heterocycles. The molecule has 6 heteroatoms. The summed E-state index contributed by atoms with van der Waals surface area (Å²) in [5, 5.41) is 3.61. The number of pyridine rings is 1. The maximum absolute atomic E-state index is 13.1. The molecule has 1 aliphatic carbocycles. The summed E-state index contributed by atoms with van der Waals surface area (Å²) in [6.07, 6.45) is 6.00. The topological polar surface area (TPSA) is 62.3 Å². The third-order valence-electron chi connectivity index (χ3n) is 5.28. The standard InChI is InChI=1S/C20H20ClN3O2/c1-3-18-15-8-12(21)4-5-14(15)20(26)24(18)19-10-22-9-16-13(19)6-7-17(16)23-11(2)25/h4-5,8-10,17-18H,3,6-7H2,1-2H3,(H,23,25)/t17-,18-/m0/s1. The Morgan fingerprint density at radius 1 is 1.35 bits per heavy atom. The summed E-state index contributed by atoms with van der Waals surface area (Å²) in [5.74, 6) is -0.0688. The monoisotopic (exact) mass is 369 g/mol.